The van der Waals surface area contributed by atoms with Crippen LogP contribution in [0.3, 0.4) is 0 Å². The van der Waals surface area contributed by atoms with E-state index in [0.29, 0.717) is 46.2 Å². The SMILES string of the molecule is C#CCN.Cc1cc2cc(Oc3ccnc4cc(C(=O)N5CCCC5CO)sc34)ccc2n1C(=O)O. The Labute approximate surface area is 211 Å². The van der Waals surface area contributed by atoms with E-state index in [1.165, 1.54) is 15.9 Å². The molecule has 5 rings (SSSR count). The number of aromatic nitrogens is 2. The number of pyridine rings is 1. The lowest BCUT2D eigenvalue weighted by Gasteiger charge is -2.22. The predicted octanol–water partition coefficient (Wildman–Crippen LogP) is 4.05. The first kappa shape index (κ1) is 25.2. The summed E-state index contributed by atoms with van der Waals surface area (Å²) in [4.78, 5) is 31.2. The third kappa shape index (κ3) is 4.90. The van der Waals surface area contributed by atoms with E-state index in [1.54, 1.807) is 54.4 Å². The lowest BCUT2D eigenvalue weighted by atomic mass is 10.2. The first-order valence-corrected chi connectivity index (χ1v) is 12.2. The van der Waals surface area contributed by atoms with Gasteiger partial charge in [0.2, 0.25) is 0 Å². The molecule has 1 unspecified atom stereocenters. The maximum Gasteiger partial charge on any atom is 0.416 e. The number of nitrogens with two attached hydrogens (primary N) is 1. The molecule has 1 fully saturated rings. The average Bonchev–Trinajstić information content (AvgIpc) is 3.59. The minimum absolute atomic E-state index is 0.0329. The highest BCUT2D eigenvalue weighted by Crippen LogP contribution is 2.37. The Bertz CT molecular complexity index is 1470. The van der Waals surface area contributed by atoms with Crippen molar-refractivity contribution in [3.63, 3.8) is 0 Å². The number of amides is 1. The van der Waals surface area contributed by atoms with Gasteiger partial charge in [0.15, 0.2) is 0 Å². The van der Waals surface area contributed by atoms with Crippen LogP contribution < -0.4 is 10.5 Å². The number of hydrogen-bond acceptors (Lipinski definition) is 7. The molecule has 1 atom stereocenters. The molecule has 0 bridgehead atoms. The van der Waals surface area contributed by atoms with E-state index in [0.717, 1.165) is 22.9 Å². The van der Waals surface area contributed by atoms with Crippen molar-refractivity contribution in [1.29, 1.82) is 0 Å². The summed E-state index contributed by atoms with van der Waals surface area (Å²) >= 11 is 1.32. The monoisotopic (exact) mass is 506 g/mol. The van der Waals surface area contributed by atoms with Crippen LogP contribution in [0, 0.1) is 19.3 Å². The first-order chi connectivity index (χ1) is 17.4. The quantitative estimate of drug-likeness (QED) is 0.356. The molecule has 4 heterocycles. The van der Waals surface area contributed by atoms with Gasteiger partial charge < -0.3 is 25.6 Å². The van der Waals surface area contributed by atoms with Gasteiger partial charge in [-0.3, -0.25) is 14.3 Å². The van der Waals surface area contributed by atoms with E-state index >= 15 is 0 Å². The van der Waals surface area contributed by atoms with Crippen molar-refractivity contribution in [2.24, 2.45) is 5.73 Å². The van der Waals surface area contributed by atoms with Gasteiger partial charge in [-0.2, -0.15) is 0 Å². The van der Waals surface area contributed by atoms with Crippen molar-refractivity contribution in [3.05, 3.63) is 53.2 Å². The normalized spacial score (nSPS) is 14.9. The summed E-state index contributed by atoms with van der Waals surface area (Å²) in [5.74, 6) is 3.25. The lowest BCUT2D eigenvalue weighted by molar-refractivity contribution is 0.0682. The summed E-state index contributed by atoms with van der Waals surface area (Å²) in [5.41, 5.74) is 6.68. The van der Waals surface area contributed by atoms with Gasteiger partial charge in [0.05, 0.1) is 39.8 Å². The van der Waals surface area contributed by atoms with E-state index < -0.39 is 6.09 Å². The average molecular weight is 507 g/mol. The van der Waals surface area contributed by atoms with Crippen molar-refractivity contribution < 1.29 is 24.5 Å². The lowest BCUT2D eigenvalue weighted by Crippen LogP contribution is -2.37. The molecule has 0 spiro atoms. The summed E-state index contributed by atoms with van der Waals surface area (Å²) in [6, 6.07) is 10.4. The summed E-state index contributed by atoms with van der Waals surface area (Å²) in [5, 5.41) is 19.7. The number of aryl methyl sites for hydroxylation is 1. The van der Waals surface area contributed by atoms with E-state index in [2.05, 4.69) is 17.3 Å². The number of carboxylic acid groups (broad SMARTS) is 1. The van der Waals surface area contributed by atoms with Gasteiger partial charge in [0.25, 0.3) is 5.91 Å². The summed E-state index contributed by atoms with van der Waals surface area (Å²) in [7, 11) is 0. The van der Waals surface area contributed by atoms with E-state index in [9.17, 15) is 19.8 Å². The highest BCUT2D eigenvalue weighted by atomic mass is 32.1. The summed E-state index contributed by atoms with van der Waals surface area (Å²) in [6.07, 6.45) is 6.96. The van der Waals surface area contributed by atoms with Crippen molar-refractivity contribution in [2.75, 3.05) is 19.7 Å². The molecule has 1 aliphatic rings. The van der Waals surface area contributed by atoms with Gasteiger partial charge in [-0.05, 0) is 50.1 Å². The van der Waals surface area contributed by atoms with Crippen LogP contribution in [0.1, 0.15) is 28.2 Å². The number of terminal acetylenes is 1. The van der Waals surface area contributed by atoms with Gasteiger partial charge >= 0.3 is 6.09 Å². The van der Waals surface area contributed by atoms with E-state index in [4.69, 9.17) is 10.5 Å². The van der Waals surface area contributed by atoms with Crippen molar-refractivity contribution in [1.82, 2.24) is 14.5 Å². The molecule has 0 radical (unpaired) electrons. The number of likely N-dealkylation sites (tertiary alicyclic amines) is 1. The smallest absolute Gasteiger partial charge is 0.416 e. The Balaban J connectivity index is 0.000000709. The maximum absolute atomic E-state index is 13.0. The number of hydrogen-bond donors (Lipinski definition) is 3. The van der Waals surface area contributed by atoms with Crippen LogP contribution in [-0.4, -0.2) is 62.4 Å². The van der Waals surface area contributed by atoms with Crippen LogP contribution in [0.4, 0.5) is 4.79 Å². The van der Waals surface area contributed by atoms with Gasteiger partial charge in [0.1, 0.15) is 11.5 Å². The molecule has 10 heteroatoms. The largest absolute Gasteiger partial charge is 0.464 e. The van der Waals surface area contributed by atoms with Gasteiger partial charge in [-0.15, -0.1) is 17.8 Å². The van der Waals surface area contributed by atoms with Gasteiger partial charge in [-0.25, -0.2) is 4.79 Å². The van der Waals surface area contributed by atoms with Crippen LogP contribution in [0.5, 0.6) is 11.5 Å². The summed E-state index contributed by atoms with van der Waals surface area (Å²) < 4.78 is 8.11. The standard InChI is InChI=1S/C23H21N3O5S.C3H5N/c1-13-9-14-10-16(4-5-18(14)26(13)23(29)30)31-19-6-7-24-17-11-20(32-21(17)19)22(28)25-8-2-3-15(25)12-27;1-2-3-4/h4-7,9-11,15,27H,2-3,8,12H2,1H3,(H,29,30);1H,3-4H2. The third-order valence-electron chi connectivity index (χ3n) is 5.93. The zero-order chi connectivity index (χ0) is 25.8. The second-order valence-corrected chi connectivity index (χ2v) is 9.30. The van der Waals surface area contributed by atoms with Gasteiger partial charge in [-0.1, -0.05) is 5.92 Å². The number of carbonyl (C=O) groups excluding carboxylic acids is 1. The molecule has 3 aromatic heterocycles. The molecule has 1 saturated heterocycles. The number of aliphatic hydroxyl groups excluding tert-OH is 1. The molecule has 1 aromatic carbocycles. The minimum Gasteiger partial charge on any atom is -0.464 e. The zero-order valence-corrected chi connectivity index (χ0v) is 20.5. The molecule has 1 amide bonds. The maximum atomic E-state index is 13.0. The molecule has 4 aromatic rings. The van der Waals surface area contributed by atoms with E-state index in [-0.39, 0.29) is 18.6 Å². The second kappa shape index (κ2) is 10.8. The number of nitrogens with zero attached hydrogens (tertiary/aromatic N) is 3. The van der Waals surface area contributed by atoms with E-state index in [1.807, 2.05) is 0 Å². The number of thiophene rings is 1. The van der Waals surface area contributed by atoms with Crippen molar-refractivity contribution >= 4 is 44.5 Å². The zero-order valence-electron chi connectivity index (χ0n) is 19.7. The fourth-order valence-electron chi connectivity index (χ4n) is 4.31. The Kier molecular flexibility index (Phi) is 7.55. The number of ether oxygens (including phenoxy) is 1. The van der Waals surface area contributed by atoms with Crippen LogP contribution >= 0.6 is 11.3 Å². The molecular weight excluding hydrogens is 480 g/mol. The number of carbonyl (C=O) groups is 2. The Morgan fingerprint density at radius 2 is 2.08 bits per heavy atom. The van der Waals surface area contributed by atoms with Crippen LogP contribution in [0.25, 0.3) is 21.1 Å². The van der Waals surface area contributed by atoms with Crippen LogP contribution in [-0.2, 0) is 0 Å². The summed E-state index contributed by atoms with van der Waals surface area (Å²) in [6.45, 7) is 2.70. The van der Waals surface area contributed by atoms with Crippen molar-refractivity contribution in [2.45, 2.75) is 25.8 Å². The molecule has 4 N–H and O–H groups in total. The molecule has 36 heavy (non-hydrogen) atoms. The molecule has 186 valence electrons. The highest BCUT2D eigenvalue weighted by Gasteiger charge is 2.30. The third-order valence-corrected chi connectivity index (χ3v) is 7.06. The second-order valence-electron chi connectivity index (χ2n) is 8.25. The molecule has 0 aliphatic carbocycles. The van der Waals surface area contributed by atoms with Crippen LogP contribution in [0.15, 0.2) is 42.6 Å². The predicted molar refractivity (Wildman–Crippen MR) is 139 cm³/mol. The fourth-order valence-corrected chi connectivity index (χ4v) is 5.33. The number of rotatable bonds is 4. The van der Waals surface area contributed by atoms with Crippen LogP contribution in [0.2, 0.25) is 0 Å². The molecular formula is C26H26N4O5S. The fraction of sp³-hybridized carbons (Fsp3) is 0.269. The molecule has 0 saturated carbocycles. The Morgan fingerprint density at radius 3 is 2.78 bits per heavy atom. The minimum atomic E-state index is -1.03. The first-order valence-electron chi connectivity index (χ1n) is 11.3. The number of benzene rings is 1. The van der Waals surface area contributed by atoms with Crippen molar-refractivity contribution in [3.8, 4) is 23.8 Å². The Hall–Kier alpha value is -3.91. The Morgan fingerprint density at radius 1 is 1.31 bits per heavy atom. The van der Waals surface area contributed by atoms with Gasteiger partial charge in [0, 0.05) is 29.9 Å². The number of aliphatic hydroxyl groups is 1. The number of fused-ring (bicyclic) bond motifs is 2. The molecule has 1 aliphatic heterocycles. The molecule has 9 nitrogen and oxygen atoms in total. The highest BCUT2D eigenvalue weighted by molar-refractivity contribution is 7.21. The topological polar surface area (TPSA) is 131 Å².